The Hall–Kier alpha value is -2.83. The zero-order valence-corrected chi connectivity index (χ0v) is 13.6. The Kier molecular flexibility index (Phi) is 4.50. The molecule has 7 heteroatoms. The monoisotopic (exact) mass is 329 g/mol. The van der Waals surface area contributed by atoms with Crippen molar-refractivity contribution in [3.8, 4) is 17.0 Å². The number of amides is 2. The number of nitrogens with one attached hydrogen (secondary N) is 1. The molecule has 7 nitrogen and oxygen atoms in total. The second-order valence-electron chi connectivity index (χ2n) is 5.63. The lowest BCUT2D eigenvalue weighted by Gasteiger charge is -2.24. The van der Waals surface area contributed by atoms with E-state index >= 15 is 0 Å². The van der Waals surface area contributed by atoms with E-state index in [4.69, 9.17) is 9.26 Å². The fourth-order valence-corrected chi connectivity index (χ4v) is 2.66. The Morgan fingerprint density at radius 3 is 3.04 bits per heavy atom. The highest BCUT2D eigenvalue weighted by atomic mass is 16.5. The minimum absolute atomic E-state index is 0.120. The summed E-state index contributed by atoms with van der Waals surface area (Å²) in [5, 5.41) is 6.75. The highest BCUT2D eigenvalue weighted by molar-refractivity contribution is 5.96. The third kappa shape index (κ3) is 3.10. The zero-order valence-electron chi connectivity index (χ0n) is 13.6. The standard InChI is InChI=1S/C17H19N3O4/c1-11-16(21)18-7-4-8-20(11)17(22)15-10-14(19-24-15)12-5-3-6-13(9-12)23-2/h3,5-6,9-11H,4,7-8H2,1-2H3,(H,18,21). The molecule has 2 aromatic rings. The first-order valence-electron chi connectivity index (χ1n) is 7.80. The van der Waals surface area contributed by atoms with Gasteiger partial charge in [-0.05, 0) is 25.5 Å². The van der Waals surface area contributed by atoms with E-state index in [1.165, 1.54) is 4.90 Å². The summed E-state index contributed by atoms with van der Waals surface area (Å²) in [6.07, 6.45) is 0.707. The summed E-state index contributed by atoms with van der Waals surface area (Å²) in [4.78, 5) is 26.1. The number of methoxy groups -OCH3 is 1. The van der Waals surface area contributed by atoms with Gasteiger partial charge in [0.1, 0.15) is 17.5 Å². The fraction of sp³-hybridized carbons (Fsp3) is 0.353. The fourth-order valence-electron chi connectivity index (χ4n) is 2.66. The van der Waals surface area contributed by atoms with Crippen molar-refractivity contribution in [3.05, 3.63) is 36.1 Å². The second kappa shape index (κ2) is 6.74. The highest BCUT2D eigenvalue weighted by Crippen LogP contribution is 2.24. The van der Waals surface area contributed by atoms with Crippen molar-refractivity contribution >= 4 is 11.8 Å². The van der Waals surface area contributed by atoms with Crippen molar-refractivity contribution in [1.82, 2.24) is 15.4 Å². The zero-order chi connectivity index (χ0) is 17.1. The number of benzene rings is 1. The third-order valence-corrected chi connectivity index (χ3v) is 4.07. The van der Waals surface area contributed by atoms with Gasteiger partial charge in [-0.1, -0.05) is 17.3 Å². The molecule has 1 atom stereocenters. The molecule has 1 unspecified atom stereocenters. The molecule has 2 amide bonds. The van der Waals surface area contributed by atoms with Crippen molar-refractivity contribution in [3.63, 3.8) is 0 Å². The van der Waals surface area contributed by atoms with Gasteiger partial charge in [-0.25, -0.2) is 0 Å². The minimum atomic E-state index is -0.537. The molecule has 0 bridgehead atoms. The van der Waals surface area contributed by atoms with Crippen LogP contribution in [0, 0.1) is 0 Å². The molecule has 1 aromatic heterocycles. The molecule has 126 valence electrons. The predicted octanol–water partition coefficient (Wildman–Crippen LogP) is 1.70. The third-order valence-electron chi connectivity index (χ3n) is 4.07. The van der Waals surface area contributed by atoms with Crippen molar-refractivity contribution in [2.24, 2.45) is 0 Å². The van der Waals surface area contributed by atoms with E-state index in [0.717, 1.165) is 5.56 Å². The molecule has 1 N–H and O–H groups in total. The summed E-state index contributed by atoms with van der Waals surface area (Å²) < 4.78 is 10.4. The van der Waals surface area contributed by atoms with E-state index in [0.29, 0.717) is 31.0 Å². The van der Waals surface area contributed by atoms with Crippen LogP contribution in [0.1, 0.15) is 23.9 Å². The average Bonchev–Trinajstić information content (AvgIpc) is 3.04. The quantitative estimate of drug-likeness (QED) is 0.926. The van der Waals surface area contributed by atoms with Crippen LogP contribution < -0.4 is 10.1 Å². The van der Waals surface area contributed by atoms with Crippen molar-refractivity contribution < 1.29 is 18.8 Å². The number of hydrogen-bond donors (Lipinski definition) is 1. The van der Waals surface area contributed by atoms with Crippen LogP contribution in [-0.4, -0.2) is 48.1 Å². The van der Waals surface area contributed by atoms with Gasteiger partial charge in [-0.3, -0.25) is 9.59 Å². The van der Waals surface area contributed by atoms with E-state index in [-0.39, 0.29) is 17.6 Å². The van der Waals surface area contributed by atoms with Crippen LogP contribution in [0.2, 0.25) is 0 Å². The van der Waals surface area contributed by atoms with Gasteiger partial charge >= 0.3 is 0 Å². The van der Waals surface area contributed by atoms with Gasteiger partial charge in [-0.15, -0.1) is 0 Å². The molecule has 2 heterocycles. The Balaban J connectivity index is 1.84. The Morgan fingerprint density at radius 2 is 2.25 bits per heavy atom. The van der Waals surface area contributed by atoms with Crippen LogP contribution >= 0.6 is 0 Å². The van der Waals surface area contributed by atoms with Crippen molar-refractivity contribution in [1.29, 1.82) is 0 Å². The maximum atomic E-state index is 12.7. The van der Waals surface area contributed by atoms with Crippen LogP contribution in [-0.2, 0) is 4.79 Å². The van der Waals surface area contributed by atoms with E-state index in [9.17, 15) is 9.59 Å². The van der Waals surface area contributed by atoms with E-state index in [2.05, 4.69) is 10.5 Å². The Morgan fingerprint density at radius 1 is 1.42 bits per heavy atom. The minimum Gasteiger partial charge on any atom is -0.497 e. The number of rotatable bonds is 3. The van der Waals surface area contributed by atoms with Crippen molar-refractivity contribution in [2.45, 2.75) is 19.4 Å². The van der Waals surface area contributed by atoms with Crippen LogP contribution in [0.4, 0.5) is 0 Å². The van der Waals surface area contributed by atoms with E-state index in [1.54, 1.807) is 20.1 Å². The van der Waals surface area contributed by atoms with Crippen LogP contribution in [0.3, 0.4) is 0 Å². The largest absolute Gasteiger partial charge is 0.497 e. The summed E-state index contributed by atoms with van der Waals surface area (Å²) >= 11 is 0. The molecule has 1 aliphatic heterocycles. The molecule has 0 radical (unpaired) electrons. The first kappa shape index (κ1) is 16.0. The first-order chi connectivity index (χ1) is 11.6. The lowest BCUT2D eigenvalue weighted by atomic mass is 10.1. The summed E-state index contributed by atoms with van der Waals surface area (Å²) in [6, 6.07) is 8.39. The van der Waals surface area contributed by atoms with Gasteiger partial charge < -0.3 is 19.5 Å². The molecule has 3 rings (SSSR count). The SMILES string of the molecule is COc1cccc(-c2cc(C(=O)N3CCCNC(=O)C3C)on2)c1. The summed E-state index contributed by atoms with van der Waals surface area (Å²) in [5.41, 5.74) is 1.34. The van der Waals surface area contributed by atoms with Gasteiger partial charge in [0, 0.05) is 24.7 Å². The maximum absolute atomic E-state index is 12.7. The number of carbonyl (C=O) groups excluding carboxylic acids is 2. The van der Waals surface area contributed by atoms with E-state index in [1.807, 2.05) is 24.3 Å². The smallest absolute Gasteiger partial charge is 0.293 e. The Bertz CT molecular complexity index is 756. The molecule has 24 heavy (non-hydrogen) atoms. The van der Waals surface area contributed by atoms with Gasteiger partial charge in [0.25, 0.3) is 5.91 Å². The normalized spacial score (nSPS) is 18.0. The topological polar surface area (TPSA) is 84.7 Å². The first-order valence-corrected chi connectivity index (χ1v) is 7.80. The highest BCUT2D eigenvalue weighted by Gasteiger charge is 2.30. The molecule has 0 spiro atoms. The number of carbonyl (C=O) groups is 2. The van der Waals surface area contributed by atoms with Gasteiger partial charge in [0.2, 0.25) is 11.7 Å². The molecule has 1 saturated heterocycles. The summed E-state index contributed by atoms with van der Waals surface area (Å²) in [7, 11) is 1.59. The molecular formula is C17H19N3O4. The molecule has 0 saturated carbocycles. The number of ether oxygens (including phenoxy) is 1. The Labute approximate surface area is 139 Å². The molecule has 1 aliphatic rings. The number of aromatic nitrogens is 1. The van der Waals surface area contributed by atoms with Gasteiger partial charge in [0.15, 0.2) is 0 Å². The van der Waals surface area contributed by atoms with Crippen LogP contribution in [0.15, 0.2) is 34.9 Å². The lowest BCUT2D eigenvalue weighted by Crippen LogP contribution is -2.45. The lowest BCUT2D eigenvalue weighted by molar-refractivity contribution is -0.124. The molecule has 1 aromatic carbocycles. The van der Waals surface area contributed by atoms with Crippen molar-refractivity contribution in [2.75, 3.05) is 20.2 Å². The van der Waals surface area contributed by atoms with E-state index < -0.39 is 6.04 Å². The summed E-state index contributed by atoms with van der Waals surface area (Å²) in [6.45, 7) is 2.77. The molecule has 0 aliphatic carbocycles. The summed E-state index contributed by atoms with van der Waals surface area (Å²) in [5.74, 6) is 0.324. The predicted molar refractivity (Wildman–Crippen MR) is 86.6 cm³/mol. The van der Waals surface area contributed by atoms with Crippen LogP contribution in [0.25, 0.3) is 11.3 Å². The number of hydrogen-bond acceptors (Lipinski definition) is 5. The number of nitrogens with zero attached hydrogens (tertiary/aromatic N) is 2. The van der Waals surface area contributed by atoms with Gasteiger partial charge in [-0.2, -0.15) is 0 Å². The van der Waals surface area contributed by atoms with Crippen LogP contribution in [0.5, 0.6) is 5.75 Å². The second-order valence-corrected chi connectivity index (χ2v) is 5.63. The molecular weight excluding hydrogens is 310 g/mol. The maximum Gasteiger partial charge on any atom is 0.293 e. The van der Waals surface area contributed by atoms with Gasteiger partial charge in [0.05, 0.1) is 7.11 Å². The average molecular weight is 329 g/mol. The molecule has 1 fully saturated rings.